The molecule has 0 aromatic carbocycles. The Hall–Kier alpha value is 0.110. The Labute approximate surface area is 91.8 Å². The molecule has 0 aliphatic carbocycles. The van der Waals surface area contributed by atoms with Crippen molar-refractivity contribution < 1.29 is 18.3 Å². The monoisotopic (exact) mass is 236 g/mol. The maximum absolute atomic E-state index is 12.2. The fraction of sp³-hybridized carbons (Fsp3) is 1.00. The first kappa shape index (κ1) is 13.2. The third-order valence-corrected chi connectivity index (χ3v) is 4.30. The Kier molecular flexibility index (Phi) is 4.36. The van der Waals surface area contributed by atoms with E-state index in [1.807, 2.05) is 20.8 Å². The minimum absolute atomic E-state index is 0.0572. The van der Waals surface area contributed by atoms with Gasteiger partial charge in [0.1, 0.15) is 0 Å². The van der Waals surface area contributed by atoms with E-state index in [0.717, 1.165) is 6.42 Å². The number of hydrogen-bond acceptors (Lipinski definition) is 4. The summed E-state index contributed by atoms with van der Waals surface area (Å²) in [6.07, 6.45) is 0.899. The van der Waals surface area contributed by atoms with Crippen LogP contribution in [0.25, 0.3) is 0 Å². The van der Waals surface area contributed by atoms with Gasteiger partial charge in [0.2, 0.25) is 0 Å². The highest BCUT2D eigenvalue weighted by molar-refractivity contribution is 7.54. The molecule has 0 radical (unpaired) electrons. The van der Waals surface area contributed by atoms with E-state index >= 15 is 0 Å². The van der Waals surface area contributed by atoms with Crippen molar-refractivity contribution in [1.29, 1.82) is 0 Å². The van der Waals surface area contributed by atoms with Crippen LogP contribution in [0.3, 0.4) is 0 Å². The summed E-state index contributed by atoms with van der Waals surface area (Å²) in [4.78, 5) is 0. The minimum Gasteiger partial charge on any atom is -0.366 e. The fourth-order valence-electron chi connectivity index (χ4n) is 1.20. The van der Waals surface area contributed by atoms with Gasteiger partial charge in [0.15, 0.2) is 5.85 Å². The summed E-state index contributed by atoms with van der Waals surface area (Å²) in [6, 6.07) is 0. The third kappa shape index (κ3) is 3.56. The quantitative estimate of drug-likeness (QED) is 0.704. The van der Waals surface area contributed by atoms with Crippen LogP contribution in [-0.2, 0) is 18.3 Å². The van der Waals surface area contributed by atoms with Crippen molar-refractivity contribution in [2.45, 2.75) is 40.0 Å². The smallest absolute Gasteiger partial charge is 0.358 e. The molecule has 0 spiro atoms. The lowest BCUT2D eigenvalue weighted by atomic mass is 9.97. The molecule has 1 aliphatic heterocycles. The molecule has 1 aliphatic rings. The van der Waals surface area contributed by atoms with Crippen molar-refractivity contribution in [3.63, 3.8) is 0 Å². The van der Waals surface area contributed by atoms with Gasteiger partial charge in [0.05, 0.1) is 13.2 Å². The SMILES string of the molecule is CCCOC(C)P1(=O)OCC(C)(C)CO1. The molecule has 0 aromatic rings. The second kappa shape index (κ2) is 4.96. The van der Waals surface area contributed by atoms with Gasteiger partial charge < -0.3 is 13.8 Å². The first-order valence-corrected chi connectivity index (χ1v) is 7.01. The Balaban J connectivity index is 2.50. The summed E-state index contributed by atoms with van der Waals surface area (Å²) in [5.74, 6) is -0.464. The zero-order valence-corrected chi connectivity index (χ0v) is 10.9. The van der Waals surface area contributed by atoms with Gasteiger partial charge >= 0.3 is 7.60 Å². The van der Waals surface area contributed by atoms with E-state index in [-0.39, 0.29) is 5.41 Å². The highest BCUT2D eigenvalue weighted by Crippen LogP contribution is 2.57. The molecule has 0 N–H and O–H groups in total. The van der Waals surface area contributed by atoms with Crippen LogP contribution in [0.15, 0.2) is 0 Å². The van der Waals surface area contributed by atoms with Crippen LogP contribution < -0.4 is 0 Å². The predicted octanol–water partition coefficient (Wildman–Crippen LogP) is 3.03. The highest BCUT2D eigenvalue weighted by atomic mass is 31.2. The molecule has 0 bridgehead atoms. The van der Waals surface area contributed by atoms with Crippen molar-refractivity contribution in [3.8, 4) is 0 Å². The lowest BCUT2D eigenvalue weighted by Crippen LogP contribution is -2.32. The summed E-state index contributed by atoms with van der Waals surface area (Å²) in [5, 5.41) is 0. The van der Waals surface area contributed by atoms with Crippen molar-refractivity contribution >= 4 is 7.60 Å². The van der Waals surface area contributed by atoms with Crippen LogP contribution in [0.4, 0.5) is 0 Å². The highest BCUT2D eigenvalue weighted by Gasteiger charge is 2.41. The van der Waals surface area contributed by atoms with E-state index < -0.39 is 13.4 Å². The fourth-order valence-corrected chi connectivity index (χ4v) is 3.04. The molecule has 15 heavy (non-hydrogen) atoms. The summed E-state index contributed by atoms with van der Waals surface area (Å²) >= 11 is 0. The van der Waals surface area contributed by atoms with Crippen molar-refractivity contribution in [3.05, 3.63) is 0 Å². The van der Waals surface area contributed by atoms with Gasteiger partial charge in [-0.1, -0.05) is 20.8 Å². The summed E-state index contributed by atoms with van der Waals surface area (Å²) in [5.41, 5.74) is -0.0572. The minimum atomic E-state index is -3.04. The first-order valence-electron chi connectivity index (χ1n) is 5.40. The Bertz CT molecular complexity index is 238. The second-order valence-corrected chi connectivity index (χ2v) is 7.04. The van der Waals surface area contributed by atoms with E-state index in [1.54, 1.807) is 6.92 Å². The van der Waals surface area contributed by atoms with Gasteiger partial charge in [0.25, 0.3) is 0 Å². The zero-order chi connectivity index (χ0) is 11.5. The molecule has 1 rings (SSSR count). The lowest BCUT2D eigenvalue weighted by molar-refractivity contribution is 0.0101. The van der Waals surface area contributed by atoms with Gasteiger partial charge in [-0.15, -0.1) is 0 Å². The molecule has 1 saturated heterocycles. The van der Waals surface area contributed by atoms with Crippen LogP contribution in [0.1, 0.15) is 34.1 Å². The van der Waals surface area contributed by atoms with Crippen molar-refractivity contribution in [2.24, 2.45) is 5.41 Å². The Morgan fingerprint density at radius 1 is 1.40 bits per heavy atom. The van der Waals surface area contributed by atoms with Crippen molar-refractivity contribution in [1.82, 2.24) is 0 Å². The second-order valence-electron chi connectivity index (χ2n) is 4.72. The number of hydrogen-bond donors (Lipinski definition) is 0. The molecule has 1 unspecified atom stereocenters. The third-order valence-electron chi connectivity index (χ3n) is 2.28. The maximum Gasteiger partial charge on any atom is 0.358 e. The molecule has 1 heterocycles. The normalized spacial score (nSPS) is 26.1. The summed E-state index contributed by atoms with van der Waals surface area (Å²) in [6.45, 7) is 9.31. The lowest BCUT2D eigenvalue weighted by Gasteiger charge is -2.36. The van der Waals surface area contributed by atoms with Crippen LogP contribution in [-0.4, -0.2) is 25.7 Å². The van der Waals surface area contributed by atoms with Crippen LogP contribution in [0, 0.1) is 5.41 Å². The molecule has 1 atom stereocenters. The van der Waals surface area contributed by atoms with E-state index in [1.165, 1.54) is 0 Å². The maximum atomic E-state index is 12.2. The molecule has 5 heteroatoms. The van der Waals surface area contributed by atoms with Crippen LogP contribution in [0.2, 0.25) is 0 Å². The van der Waals surface area contributed by atoms with Gasteiger partial charge in [-0.25, -0.2) is 0 Å². The van der Waals surface area contributed by atoms with Crippen LogP contribution in [0.5, 0.6) is 0 Å². The number of rotatable bonds is 4. The topological polar surface area (TPSA) is 44.8 Å². The Morgan fingerprint density at radius 2 is 1.93 bits per heavy atom. The molecular formula is C10H21O4P. The predicted molar refractivity (Wildman–Crippen MR) is 59.0 cm³/mol. The zero-order valence-electron chi connectivity index (χ0n) is 9.99. The summed E-state index contributed by atoms with van der Waals surface area (Å²) in [7, 11) is -3.04. The summed E-state index contributed by atoms with van der Waals surface area (Å²) < 4.78 is 28.2. The van der Waals surface area contributed by atoms with Gasteiger partial charge in [-0.05, 0) is 13.3 Å². The first-order chi connectivity index (χ1) is 6.90. The molecule has 0 amide bonds. The Morgan fingerprint density at radius 3 is 2.40 bits per heavy atom. The average Bonchev–Trinajstić information content (AvgIpc) is 2.19. The van der Waals surface area contributed by atoms with Gasteiger partial charge in [0, 0.05) is 12.0 Å². The molecule has 4 nitrogen and oxygen atoms in total. The molecule has 90 valence electrons. The molecule has 0 saturated carbocycles. The molecule has 0 aromatic heterocycles. The van der Waals surface area contributed by atoms with E-state index in [0.29, 0.717) is 19.8 Å². The standard InChI is InChI=1S/C10H21O4P/c1-5-6-12-9(2)15(11)13-7-10(3,4)8-14-15/h9H,5-8H2,1-4H3. The number of ether oxygens (including phenoxy) is 1. The van der Waals surface area contributed by atoms with Crippen molar-refractivity contribution in [2.75, 3.05) is 19.8 Å². The molecule has 1 fully saturated rings. The van der Waals surface area contributed by atoms with E-state index in [2.05, 4.69) is 0 Å². The largest absolute Gasteiger partial charge is 0.366 e. The van der Waals surface area contributed by atoms with E-state index in [9.17, 15) is 4.57 Å². The van der Waals surface area contributed by atoms with Gasteiger partial charge in [-0.2, -0.15) is 0 Å². The van der Waals surface area contributed by atoms with E-state index in [4.69, 9.17) is 13.8 Å². The van der Waals surface area contributed by atoms with Crippen LogP contribution >= 0.6 is 7.60 Å². The molecular weight excluding hydrogens is 215 g/mol. The van der Waals surface area contributed by atoms with Gasteiger partial charge in [-0.3, -0.25) is 4.57 Å². The average molecular weight is 236 g/mol.